The number of sulfonamides is 2. The Morgan fingerprint density at radius 2 is 1.14 bits per heavy atom. The molecule has 2 atom stereocenters. The minimum absolute atomic E-state index is 0.0115. The summed E-state index contributed by atoms with van der Waals surface area (Å²) in [6.45, 7) is 2.56. The van der Waals surface area contributed by atoms with Crippen molar-refractivity contribution in [3.05, 3.63) is 0 Å². The van der Waals surface area contributed by atoms with Gasteiger partial charge in [-0.15, -0.1) is 8.15 Å². The van der Waals surface area contributed by atoms with Gasteiger partial charge in [-0.3, -0.25) is 4.67 Å². The van der Waals surface area contributed by atoms with Crippen molar-refractivity contribution < 1.29 is 43.2 Å². The molecule has 1 saturated carbocycles. The van der Waals surface area contributed by atoms with Gasteiger partial charge in [0.15, 0.2) is 0 Å². The molecule has 0 aromatic carbocycles. The predicted octanol–water partition coefficient (Wildman–Crippen LogP) is 3.18. The topological polar surface area (TPSA) is 78.0 Å². The van der Waals surface area contributed by atoms with Gasteiger partial charge in [0.2, 0.25) is 0 Å². The lowest BCUT2D eigenvalue weighted by Crippen LogP contribution is -2.47. The molecule has 0 N–H and O–H groups in total. The molecule has 0 unspecified atom stereocenters. The normalized spacial score (nSPS) is 26.8. The molecule has 2 rings (SSSR count). The molecule has 1 saturated heterocycles. The second kappa shape index (κ2) is 7.80. The molecule has 0 bridgehead atoms. The Hall–Kier alpha value is -0.210. The van der Waals surface area contributed by atoms with Crippen molar-refractivity contribution in [2.45, 2.75) is 62.6 Å². The van der Waals surface area contributed by atoms with Crippen LogP contribution in [0.1, 0.15) is 39.5 Å². The maximum absolute atomic E-state index is 13.3. The van der Waals surface area contributed by atoms with Gasteiger partial charge in [0, 0.05) is 25.2 Å². The SMILES string of the molecule is CCN(CC)P1N(S(=O)(=O)C(F)(F)F)[C@@H]2CCCC[C@H]2N1S(=O)(=O)C(F)(F)F. The van der Waals surface area contributed by atoms with E-state index in [1.165, 1.54) is 13.8 Å². The van der Waals surface area contributed by atoms with Crippen LogP contribution in [0, 0.1) is 0 Å². The molecule has 166 valence electrons. The second-order valence-corrected chi connectivity index (χ2v) is 12.4. The summed E-state index contributed by atoms with van der Waals surface area (Å²) < 4.78 is 130. The smallest absolute Gasteiger partial charge is 0.256 e. The third-order valence-corrected chi connectivity index (χ3v) is 11.9. The summed E-state index contributed by atoms with van der Waals surface area (Å²) >= 11 is 0. The molecule has 7 nitrogen and oxygen atoms in total. The molecule has 0 radical (unpaired) electrons. The average Bonchev–Trinajstić information content (AvgIpc) is 2.90. The van der Waals surface area contributed by atoms with Crippen molar-refractivity contribution in [2.24, 2.45) is 0 Å². The van der Waals surface area contributed by atoms with Crippen LogP contribution < -0.4 is 0 Å². The highest BCUT2D eigenvalue weighted by molar-refractivity contribution is 7.99. The third kappa shape index (κ3) is 3.78. The van der Waals surface area contributed by atoms with Crippen molar-refractivity contribution in [1.82, 2.24) is 12.8 Å². The van der Waals surface area contributed by atoms with Crippen LogP contribution >= 0.6 is 8.37 Å². The fourth-order valence-electron chi connectivity index (χ4n) is 3.45. The number of hydrogen-bond acceptors (Lipinski definition) is 5. The van der Waals surface area contributed by atoms with Crippen LogP contribution in [-0.2, 0) is 20.0 Å². The van der Waals surface area contributed by atoms with E-state index in [1.807, 2.05) is 0 Å². The lowest BCUT2D eigenvalue weighted by atomic mass is 9.92. The van der Waals surface area contributed by atoms with Gasteiger partial charge >= 0.3 is 31.1 Å². The molecule has 0 aromatic rings. The lowest BCUT2D eigenvalue weighted by Gasteiger charge is -2.37. The maximum Gasteiger partial charge on any atom is 0.512 e. The van der Waals surface area contributed by atoms with E-state index in [1.54, 1.807) is 0 Å². The van der Waals surface area contributed by atoms with E-state index in [9.17, 15) is 43.2 Å². The number of nitrogens with zero attached hydrogens (tertiary/aromatic N) is 3. The molecular weight excluding hydrogens is 459 g/mol. The van der Waals surface area contributed by atoms with Crippen molar-refractivity contribution in [1.29, 1.82) is 0 Å². The standard InChI is InChI=1S/C12H20F6N3O4PS2/c1-3-19(4-2)26-20(27(22,23)11(13,14)15)9-7-5-6-8-10(9)21(26)28(24,25)12(16,17)18/h9-10H,3-8H2,1-2H3/t9-,10-/m1/s1. The number of hydrogen-bond donors (Lipinski definition) is 0. The first-order chi connectivity index (χ1) is 12.6. The zero-order chi connectivity index (χ0) is 21.7. The van der Waals surface area contributed by atoms with Crippen LogP contribution in [0.2, 0.25) is 0 Å². The monoisotopic (exact) mass is 479 g/mol. The summed E-state index contributed by atoms with van der Waals surface area (Å²) in [6.07, 6.45) is 0.270. The van der Waals surface area contributed by atoms with Gasteiger partial charge in [-0.1, -0.05) is 26.7 Å². The molecule has 16 heteroatoms. The molecule has 1 aliphatic heterocycles. The molecule has 2 aliphatic rings. The van der Waals surface area contributed by atoms with Crippen LogP contribution in [-0.4, -0.2) is 65.8 Å². The fraction of sp³-hybridized carbons (Fsp3) is 1.00. The highest BCUT2D eigenvalue weighted by atomic mass is 32.2. The Morgan fingerprint density at radius 1 is 0.821 bits per heavy atom. The first kappa shape index (κ1) is 24.1. The van der Waals surface area contributed by atoms with E-state index in [0.717, 1.165) is 4.67 Å². The summed E-state index contributed by atoms with van der Waals surface area (Å²) in [5.41, 5.74) is -11.5. The highest BCUT2D eigenvalue weighted by Crippen LogP contribution is 2.64. The van der Waals surface area contributed by atoms with Gasteiger partial charge in [-0.2, -0.15) is 26.3 Å². The number of fused-ring (bicyclic) bond motifs is 1. The van der Waals surface area contributed by atoms with E-state index >= 15 is 0 Å². The lowest BCUT2D eigenvalue weighted by molar-refractivity contribution is -0.0489. The maximum atomic E-state index is 13.3. The molecule has 2 fully saturated rings. The Labute approximate surface area is 160 Å². The van der Waals surface area contributed by atoms with Crippen LogP contribution in [0.4, 0.5) is 26.3 Å². The summed E-state index contributed by atoms with van der Waals surface area (Å²) in [7, 11) is -15.2. The largest absolute Gasteiger partial charge is 0.512 e. The highest BCUT2D eigenvalue weighted by Gasteiger charge is 2.68. The minimum atomic E-state index is -6.05. The Bertz CT molecular complexity index is 724. The zero-order valence-electron chi connectivity index (χ0n) is 14.9. The fourth-order valence-corrected chi connectivity index (χ4v) is 10.6. The predicted molar refractivity (Wildman–Crippen MR) is 89.5 cm³/mol. The van der Waals surface area contributed by atoms with Crippen molar-refractivity contribution >= 4 is 28.4 Å². The Morgan fingerprint density at radius 3 is 1.39 bits per heavy atom. The van der Waals surface area contributed by atoms with Gasteiger partial charge < -0.3 is 0 Å². The molecular formula is C12H20F6N3O4PS2. The third-order valence-electron chi connectivity index (χ3n) is 4.67. The average molecular weight is 479 g/mol. The summed E-state index contributed by atoms with van der Waals surface area (Å²) in [4.78, 5) is 0. The molecule has 0 aromatic heterocycles. The van der Waals surface area contributed by atoms with Crippen LogP contribution in [0.15, 0.2) is 0 Å². The number of rotatable bonds is 5. The van der Waals surface area contributed by atoms with Gasteiger partial charge in [0.05, 0.1) is 0 Å². The molecule has 0 spiro atoms. The Balaban J connectivity index is 2.77. The van der Waals surface area contributed by atoms with Gasteiger partial charge in [-0.25, -0.2) is 16.8 Å². The number of alkyl halides is 6. The molecule has 0 amide bonds. The van der Waals surface area contributed by atoms with E-state index in [2.05, 4.69) is 0 Å². The summed E-state index contributed by atoms with van der Waals surface area (Å²) in [5.74, 6) is 0. The summed E-state index contributed by atoms with van der Waals surface area (Å²) in [5, 5.41) is 0. The van der Waals surface area contributed by atoms with Crippen molar-refractivity contribution in [3.63, 3.8) is 0 Å². The van der Waals surface area contributed by atoms with Gasteiger partial charge in [-0.05, 0) is 12.8 Å². The van der Waals surface area contributed by atoms with Crippen LogP contribution in [0.3, 0.4) is 0 Å². The van der Waals surface area contributed by atoms with Crippen LogP contribution in [0.25, 0.3) is 0 Å². The molecule has 1 aliphatic carbocycles. The minimum Gasteiger partial charge on any atom is -0.256 e. The Kier molecular flexibility index (Phi) is 6.70. The molecule has 1 heterocycles. The molecule has 28 heavy (non-hydrogen) atoms. The number of halogens is 6. The van der Waals surface area contributed by atoms with Gasteiger partial charge in [0.1, 0.15) is 8.37 Å². The van der Waals surface area contributed by atoms with Crippen molar-refractivity contribution in [3.8, 4) is 0 Å². The van der Waals surface area contributed by atoms with E-state index in [-0.39, 0.29) is 46.9 Å². The van der Waals surface area contributed by atoms with Crippen molar-refractivity contribution in [2.75, 3.05) is 13.1 Å². The van der Waals surface area contributed by atoms with E-state index in [4.69, 9.17) is 0 Å². The summed E-state index contributed by atoms with van der Waals surface area (Å²) in [6, 6.07) is -2.99. The van der Waals surface area contributed by atoms with Crippen LogP contribution in [0.5, 0.6) is 0 Å². The first-order valence-corrected chi connectivity index (χ1v) is 12.5. The second-order valence-electron chi connectivity index (χ2n) is 6.27. The van der Waals surface area contributed by atoms with E-state index in [0.29, 0.717) is 0 Å². The zero-order valence-corrected chi connectivity index (χ0v) is 17.4. The first-order valence-electron chi connectivity index (χ1n) is 8.39. The quantitative estimate of drug-likeness (QED) is 0.447. The van der Waals surface area contributed by atoms with Gasteiger partial charge in [0.25, 0.3) is 0 Å². The van der Waals surface area contributed by atoms with E-state index < -0.39 is 51.5 Å².